The molecule has 0 aliphatic carbocycles. The zero-order chi connectivity index (χ0) is 12.6. The molecule has 4 nitrogen and oxygen atoms in total. The highest BCUT2D eigenvalue weighted by molar-refractivity contribution is 9.10. The first kappa shape index (κ1) is 12.8. The van der Waals surface area contributed by atoms with Gasteiger partial charge in [-0.3, -0.25) is 0 Å². The van der Waals surface area contributed by atoms with E-state index in [1.54, 1.807) is 6.20 Å². The molecule has 0 amide bonds. The van der Waals surface area contributed by atoms with Crippen molar-refractivity contribution in [1.82, 2.24) is 4.98 Å². The largest absolute Gasteiger partial charge is 0.356 e. The van der Waals surface area contributed by atoms with Gasteiger partial charge in [-0.2, -0.15) is 0 Å². The zero-order valence-corrected chi connectivity index (χ0v) is 12.3. The maximum Gasteiger partial charge on any atom is 0.152 e. The smallest absolute Gasteiger partial charge is 0.152 e. The van der Waals surface area contributed by atoms with Crippen LogP contribution in [-0.4, -0.2) is 38.0 Å². The van der Waals surface area contributed by atoms with E-state index in [1.165, 1.54) is 0 Å². The SMILES string of the molecule is Cc1cc(N(C)C2CCS(=O)(=O)C2)ncc1Br. The Morgan fingerprint density at radius 2 is 2.24 bits per heavy atom. The van der Waals surface area contributed by atoms with E-state index >= 15 is 0 Å². The van der Waals surface area contributed by atoms with E-state index in [1.807, 2.05) is 24.9 Å². The monoisotopic (exact) mass is 318 g/mol. The zero-order valence-electron chi connectivity index (χ0n) is 9.85. The minimum Gasteiger partial charge on any atom is -0.356 e. The molecule has 0 saturated carbocycles. The van der Waals surface area contributed by atoms with Crippen LogP contribution in [0, 0.1) is 6.92 Å². The summed E-state index contributed by atoms with van der Waals surface area (Å²) in [6.07, 6.45) is 2.44. The summed E-state index contributed by atoms with van der Waals surface area (Å²) < 4.78 is 23.9. The van der Waals surface area contributed by atoms with E-state index in [9.17, 15) is 8.42 Å². The summed E-state index contributed by atoms with van der Waals surface area (Å²) in [7, 11) is -0.942. The number of hydrogen-bond donors (Lipinski definition) is 0. The average Bonchev–Trinajstić information content (AvgIpc) is 2.62. The molecule has 0 radical (unpaired) electrons. The predicted octanol–water partition coefficient (Wildman–Crippen LogP) is 1.78. The Morgan fingerprint density at radius 1 is 1.53 bits per heavy atom. The summed E-state index contributed by atoms with van der Waals surface area (Å²) in [4.78, 5) is 6.28. The van der Waals surface area contributed by atoms with Crippen LogP contribution in [0.2, 0.25) is 0 Å². The summed E-state index contributed by atoms with van der Waals surface area (Å²) >= 11 is 3.40. The lowest BCUT2D eigenvalue weighted by molar-refractivity contribution is 0.600. The van der Waals surface area contributed by atoms with Crippen LogP contribution >= 0.6 is 15.9 Å². The quantitative estimate of drug-likeness (QED) is 0.834. The number of pyridine rings is 1. The Morgan fingerprint density at radius 3 is 2.76 bits per heavy atom. The standard InChI is InChI=1S/C11H15BrN2O2S/c1-8-5-11(13-6-10(8)12)14(2)9-3-4-17(15,16)7-9/h5-6,9H,3-4,7H2,1-2H3. The number of rotatable bonds is 2. The van der Waals surface area contributed by atoms with Gasteiger partial charge < -0.3 is 4.90 Å². The second-order valence-corrected chi connectivity index (χ2v) is 7.54. The highest BCUT2D eigenvalue weighted by Gasteiger charge is 2.31. The fourth-order valence-corrected chi connectivity index (χ4v) is 3.98. The number of hydrogen-bond acceptors (Lipinski definition) is 4. The Labute approximate surface area is 110 Å². The van der Waals surface area contributed by atoms with Crippen LogP contribution in [0.3, 0.4) is 0 Å². The van der Waals surface area contributed by atoms with Crippen molar-refractivity contribution < 1.29 is 8.42 Å². The van der Waals surface area contributed by atoms with Crippen molar-refractivity contribution >= 4 is 31.6 Å². The van der Waals surface area contributed by atoms with Crippen molar-refractivity contribution in [3.63, 3.8) is 0 Å². The van der Waals surface area contributed by atoms with Gasteiger partial charge in [-0.15, -0.1) is 0 Å². The van der Waals surface area contributed by atoms with Crippen LogP contribution in [0.5, 0.6) is 0 Å². The second kappa shape index (κ2) is 4.57. The molecule has 0 spiro atoms. The maximum atomic E-state index is 11.4. The Hall–Kier alpha value is -0.620. The molecule has 1 atom stereocenters. The Kier molecular flexibility index (Phi) is 3.45. The van der Waals surface area contributed by atoms with E-state index in [0.717, 1.165) is 15.9 Å². The first-order valence-corrected chi connectivity index (χ1v) is 8.06. The maximum absolute atomic E-state index is 11.4. The summed E-state index contributed by atoms with van der Waals surface area (Å²) in [5.41, 5.74) is 1.10. The van der Waals surface area contributed by atoms with Crippen LogP contribution in [0.1, 0.15) is 12.0 Å². The molecular formula is C11H15BrN2O2S. The number of halogens is 1. The molecule has 1 saturated heterocycles. The van der Waals surface area contributed by atoms with Crippen molar-refractivity contribution in [3.05, 3.63) is 22.3 Å². The minimum absolute atomic E-state index is 0.0491. The fraction of sp³-hybridized carbons (Fsp3) is 0.545. The van der Waals surface area contributed by atoms with Gasteiger partial charge in [0.15, 0.2) is 9.84 Å². The van der Waals surface area contributed by atoms with Crippen molar-refractivity contribution in [1.29, 1.82) is 0 Å². The third-order valence-corrected chi connectivity index (χ3v) is 5.73. The first-order chi connectivity index (χ1) is 7.89. The molecule has 94 valence electrons. The van der Waals surface area contributed by atoms with Crippen molar-refractivity contribution in [3.8, 4) is 0 Å². The fourth-order valence-electron chi connectivity index (χ4n) is 1.99. The lowest BCUT2D eigenvalue weighted by Gasteiger charge is -2.24. The molecule has 0 bridgehead atoms. The van der Waals surface area contributed by atoms with Crippen LogP contribution in [0.25, 0.3) is 0 Å². The number of aromatic nitrogens is 1. The lowest BCUT2D eigenvalue weighted by Crippen LogP contribution is -2.33. The number of nitrogens with zero attached hydrogens (tertiary/aromatic N) is 2. The van der Waals surface area contributed by atoms with Crippen molar-refractivity contribution in [2.45, 2.75) is 19.4 Å². The number of aryl methyl sites for hydroxylation is 1. The van der Waals surface area contributed by atoms with E-state index in [-0.39, 0.29) is 17.5 Å². The van der Waals surface area contributed by atoms with Crippen LogP contribution < -0.4 is 4.90 Å². The predicted molar refractivity (Wildman–Crippen MR) is 72.1 cm³/mol. The van der Waals surface area contributed by atoms with E-state index in [2.05, 4.69) is 20.9 Å². The molecule has 2 rings (SSSR count). The van der Waals surface area contributed by atoms with Gasteiger partial charge in [0, 0.05) is 23.8 Å². The number of anilines is 1. The molecule has 1 aromatic rings. The highest BCUT2D eigenvalue weighted by atomic mass is 79.9. The molecule has 1 aliphatic rings. The van der Waals surface area contributed by atoms with Crippen molar-refractivity contribution in [2.24, 2.45) is 0 Å². The van der Waals surface area contributed by atoms with Crippen LogP contribution in [-0.2, 0) is 9.84 Å². The second-order valence-electron chi connectivity index (χ2n) is 4.46. The Balaban J connectivity index is 2.20. The van der Waals surface area contributed by atoms with Crippen molar-refractivity contribution in [2.75, 3.05) is 23.5 Å². The van der Waals surface area contributed by atoms with E-state index < -0.39 is 9.84 Å². The van der Waals surface area contributed by atoms with Gasteiger partial charge >= 0.3 is 0 Å². The van der Waals surface area contributed by atoms with Gasteiger partial charge in [0.25, 0.3) is 0 Å². The molecule has 1 aromatic heterocycles. The third-order valence-electron chi connectivity index (χ3n) is 3.15. The summed E-state index contributed by atoms with van der Waals surface area (Å²) in [6.45, 7) is 1.99. The molecular weight excluding hydrogens is 304 g/mol. The Bertz CT molecular complexity index is 530. The van der Waals surface area contributed by atoms with Gasteiger partial charge in [0.2, 0.25) is 0 Å². The lowest BCUT2D eigenvalue weighted by atomic mass is 10.2. The van der Waals surface area contributed by atoms with Gasteiger partial charge in [0.05, 0.1) is 11.5 Å². The molecule has 17 heavy (non-hydrogen) atoms. The molecule has 1 unspecified atom stereocenters. The van der Waals surface area contributed by atoms with Gasteiger partial charge in [0.1, 0.15) is 5.82 Å². The molecule has 1 fully saturated rings. The normalized spacial score (nSPS) is 22.6. The topological polar surface area (TPSA) is 50.3 Å². The van der Waals surface area contributed by atoms with Crippen LogP contribution in [0.4, 0.5) is 5.82 Å². The molecule has 1 aliphatic heterocycles. The minimum atomic E-state index is -2.85. The van der Waals surface area contributed by atoms with Gasteiger partial charge in [-0.25, -0.2) is 13.4 Å². The summed E-state index contributed by atoms with van der Waals surface area (Å²) in [6, 6.07) is 2.02. The third kappa shape index (κ3) is 2.80. The molecule has 0 N–H and O–H groups in total. The molecule has 2 heterocycles. The molecule has 6 heteroatoms. The summed E-state index contributed by atoms with van der Waals surface area (Å²) in [5.74, 6) is 1.35. The van der Waals surface area contributed by atoms with Gasteiger partial charge in [-0.1, -0.05) is 0 Å². The van der Waals surface area contributed by atoms with E-state index in [0.29, 0.717) is 6.42 Å². The molecule has 0 aromatic carbocycles. The summed E-state index contributed by atoms with van der Waals surface area (Å²) in [5, 5.41) is 0. The first-order valence-electron chi connectivity index (χ1n) is 5.44. The van der Waals surface area contributed by atoms with Gasteiger partial charge in [-0.05, 0) is 40.9 Å². The number of sulfone groups is 1. The van der Waals surface area contributed by atoms with E-state index in [4.69, 9.17) is 0 Å². The average molecular weight is 319 g/mol. The van der Waals surface area contributed by atoms with Crippen LogP contribution in [0.15, 0.2) is 16.7 Å². The highest BCUT2D eigenvalue weighted by Crippen LogP contribution is 2.24.